The van der Waals surface area contributed by atoms with Crippen LogP contribution >= 0.6 is 0 Å². The molecule has 1 N–H and O–H groups in total. The number of anilines is 1. The van der Waals surface area contributed by atoms with Crippen molar-refractivity contribution in [1.29, 1.82) is 0 Å². The molecule has 4 rings (SSSR count). The van der Waals surface area contributed by atoms with Crippen molar-refractivity contribution in [1.82, 2.24) is 14.5 Å². The van der Waals surface area contributed by atoms with Gasteiger partial charge in [-0.1, -0.05) is 30.3 Å². The van der Waals surface area contributed by atoms with E-state index in [4.69, 9.17) is 0 Å². The van der Waals surface area contributed by atoms with Crippen LogP contribution in [0.4, 0.5) is 5.82 Å². The monoisotopic (exact) mass is 290 g/mol. The second-order valence-electron chi connectivity index (χ2n) is 5.28. The predicted octanol–water partition coefficient (Wildman–Crippen LogP) is 2.74. The lowest BCUT2D eigenvalue weighted by atomic mass is 9.90. The summed E-state index contributed by atoms with van der Waals surface area (Å²) in [4.78, 5) is 20.8. The highest BCUT2D eigenvalue weighted by atomic mass is 16.1. The number of aromatic nitrogens is 3. The van der Waals surface area contributed by atoms with Gasteiger partial charge in [-0.3, -0.25) is 14.3 Å². The van der Waals surface area contributed by atoms with Crippen LogP contribution in [-0.2, 0) is 4.79 Å². The van der Waals surface area contributed by atoms with Crippen molar-refractivity contribution in [3.8, 4) is 5.69 Å². The van der Waals surface area contributed by atoms with E-state index in [2.05, 4.69) is 15.3 Å². The van der Waals surface area contributed by atoms with Crippen LogP contribution in [0.1, 0.15) is 23.6 Å². The van der Waals surface area contributed by atoms with Crippen molar-refractivity contribution in [2.24, 2.45) is 0 Å². The third-order valence-electron chi connectivity index (χ3n) is 3.90. The minimum Gasteiger partial charge on any atom is -0.310 e. The Labute approximate surface area is 127 Å². The number of carbonyl (C=O) groups excluding carboxylic acids is 1. The lowest BCUT2D eigenvalue weighted by Gasteiger charge is -2.23. The van der Waals surface area contributed by atoms with Gasteiger partial charge in [0.15, 0.2) is 0 Å². The molecule has 1 amide bonds. The molecule has 0 fully saturated rings. The predicted molar refractivity (Wildman–Crippen MR) is 82.9 cm³/mol. The summed E-state index contributed by atoms with van der Waals surface area (Å²) >= 11 is 0. The molecule has 1 aromatic carbocycles. The van der Waals surface area contributed by atoms with Crippen LogP contribution in [-0.4, -0.2) is 20.4 Å². The van der Waals surface area contributed by atoms with E-state index < -0.39 is 0 Å². The number of rotatable bonds is 2. The van der Waals surface area contributed by atoms with Gasteiger partial charge in [0, 0.05) is 18.5 Å². The number of hydrogen-bond acceptors (Lipinski definition) is 3. The average Bonchev–Trinajstić information content (AvgIpc) is 2.99. The molecule has 3 heterocycles. The normalized spacial score (nSPS) is 16.9. The SMILES string of the molecule is O=C1CC(c2ccccc2)c2ncn(-c3cccnc3)c2N1. The Morgan fingerprint density at radius 2 is 2.00 bits per heavy atom. The Hall–Kier alpha value is -2.95. The summed E-state index contributed by atoms with van der Waals surface area (Å²) in [5, 5.41) is 2.94. The first-order valence-electron chi connectivity index (χ1n) is 7.15. The van der Waals surface area contributed by atoms with Gasteiger partial charge >= 0.3 is 0 Å². The number of nitrogens with zero attached hydrogens (tertiary/aromatic N) is 3. The maximum absolute atomic E-state index is 12.1. The van der Waals surface area contributed by atoms with Crippen LogP contribution in [0.5, 0.6) is 0 Å². The minimum absolute atomic E-state index is 0.00648. The highest BCUT2D eigenvalue weighted by Gasteiger charge is 2.30. The molecule has 5 nitrogen and oxygen atoms in total. The molecule has 1 aliphatic rings. The fourth-order valence-corrected chi connectivity index (χ4v) is 2.86. The Morgan fingerprint density at radius 1 is 1.14 bits per heavy atom. The maximum atomic E-state index is 12.1. The van der Waals surface area contributed by atoms with Crippen molar-refractivity contribution in [3.05, 3.63) is 72.4 Å². The molecule has 0 radical (unpaired) electrons. The van der Waals surface area contributed by atoms with Crippen LogP contribution in [0.25, 0.3) is 5.69 Å². The van der Waals surface area contributed by atoms with Crippen LogP contribution in [0.2, 0.25) is 0 Å². The van der Waals surface area contributed by atoms with E-state index in [0.29, 0.717) is 6.42 Å². The van der Waals surface area contributed by atoms with Gasteiger partial charge < -0.3 is 5.32 Å². The fraction of sp³-hybridized carbons (Fsp3) is 0.118. The van der Waals surface area contributed by atoms with Gasteiger partial charge in [-0.25, -0.2) is 4.98 Å². The minimum atomic E-state index is -0.0112. The molecule has 1 atom stereocenters. The van der Waals surface area contributed by atoms with E-state index in [9.17, 15) is 4.79 Å². The van der Waals surface area contributed by atoms with Crippen molar-refractivity contribution < 1.29 is 4.79 Å². The zero-order valence-corrected chi connectivity index (χ0v) is 11.8. The molecule has 5 heteroatoms. The first-order valence-corrected chi connectivity index (χ1v) is 7.15. The smallest absolute Gasteiger partial charge is 0.226 e. The summed E-state index contributed by atoms with van der Waals surface area (Å²) in [6, 6.07) is 13.8. The highest BCUT2D eigenvalue weighted by Crippen LogP contribution is 2.36. The quantitative estimate of drug-likeness (QED) is 0.789. The van der Waals surface area contributed by atoms with E-state index in [1.165, 1.54) is 0 Å². The Bertz CT molecular complexity index is 811. The van der Waals surface area contributed by atoms with Gasteiger partial charge in [0.25, 0.3) is 0 Å². The van der Waals surface area contributed by atoms with E-state index in [1.807, 2.05) is 47.0 Å². The molecule has 108 valence electrons. The Morgan fingerprint density at radius 3 is 2.77 bits per heavy atom. The third-order valence-corrected chi connectivity index (χ3v) is 3.90. The maximum Gasteiger partial charge on any atom is 0.226 e. The third kappa shape index (κ3) is 2.07. The van der Waals surface area contributed by atoms with E-state index >= 15 is 0 Å². The molecule has 0 saturated heterocycles. The van der Waals surface area contributed by atoms with Crippen LogP contribution in [0, 0.1) is 0 Å². The number of benzene rings is 1. The van der Waals surface area contributed by atoms with Gasteiger partial charge in [-0.05, 0) is 17.7 Å². The van der Waals surface area contributed by atoms with Crippen molar-refractivity contribution in [2.75, 3.05) is 5.32 Å². The molecule has 2 aromatic heterocycles. The number of pyridine rings is 1. The van der Waals surface area contributed by atoms with E-state index in [0.717, 1.165) is 22.8 Å². The summed E-state index contributed by atoms with van der Waals surface area (Å²) in [6.45, 7) is 0. The van der Waals surface area contributed by atoms with Gasteiger partial charge in [0.2, 0.25) is 5.91 Å². The molecular weight excluding hydrogens is 276 g/mol. The average molecular weight is 290 g/mol. The second kappa shape index (κ2) is 5.11. The topological polar surface area (TPSA) is 59.8 Å². The second-order valence-corrected chi connectivity index (χ2v) is 5.28. The molecule has 3 aromatic rings. The van der Waals surface area contributed by atoms with Gasteiger partial charge in [-0.15, -0.1) is 0 Å². The molecule has 0 bridgehead atoms. The van der Waals surface area contributed by atoms with Gasteiger partial charge in [-0.2, -0.15) is 0 Å². The Balaban J connectivity index is 1.83. The molecular formula is C17H14N4O. The number of hydrogen-bond donors (Lipinski definition) is 1. The van der Waals surface area contributed by atoms with Crippen LogP contribution in [0.3, 0.4) is 0 Å². The van der Waals surface area contributed by atoms with Crippen molar-refractivity contribution in [3.63, 3.8) is 0 Å². The van der Waals surface area contributed by atoms with Gasteiger partial charge in [0.05, 0.1) is 17.6 Å². The van der Waals surface area contributed by atoms with Gasteiger partial charge in [0.1, 0.15) is 12.1 Å². The molecule has 1 aliphatic heterocycles. The summed E-state index contributed by atoms with van der Waals surface area (Å²) < 4.78 is 1.87. The summed E-state index contributed by atoms with van der Waals surface area (Å²) in [5.74, 6) is 0.730. The Kier molecular flexibility index (Phi) is 2.96. The number of nitrogens with one attached hydrogen (secondary N) is 1. The van der Waals surface area contributed by atoms with E-state index in [1.54, 1.807) is 18.7 Å². The molecule has 1 unspecified atom stereocenters. The van der Waals surface area contributed by atoms with E-state index in [-0.39, 0.29) is 11.8 Å². The largest absolute Gasteiger partial charge is 0.310 e. The lowest BCUT2D eigenvalue weighted by molar-refractivity contribution is -0.116. The van der Waals surface area contributed by atoms with Crippen LogP contribution in [0.15, 0.2) is 61.2 Å². The molecule has 0 aliphatic carbocycles. The first kappa shape index (κ1) is 12.8. The van der Waals surface area contributed by atoms with Crippen LogP contribution < -0.4 is 5.32 Å². The van der Waals surface area contributed by atoms with Crippen molar-refractivity contribution >= 4 is 11.7 Å². The standard InChI is InChI=1S/C17H14N4O/c22-15-9-14(12-5-2-1-3-6-12)16-17(20-15)21(11-19-16)13-7-4-8-18-10-13/h1-8,10-11,14H,9H2,(H,20,22). The number of amides is 1. The van der Waals surface area contributed by atoms with Crippen molar-refractivity contribution in [2.45, 2.75) is 12.3 Å². The highest BCUT2D eigenvalue weighted by molar-refractivity contribution is 5.94. The molecule has 0 spiro atoms. The molecule has 0 saturated carbocycles. The number of fused-ring (bicyclic) bond motifs is 1. The summed E-state index contributed by atoms with van der Waals surface area (Å²) in [5.41, 5.74) is 2.88. The zero-order chi connectivity index (χ0) is 14.9. The number of imidazole rings is 1. The zero-order valence-electron chi connectivity index (χ0n) is 11.8. The summed E-state index contributed by atoms with van der Waals surface area (Å²) in [7, 11) is 0. The fourth-order valence-electron chi connectivity index (χ4n) is 2.86. The lowest BCUT2D eigenvalue weighted by Crippen LogP contribution is -2.24. The molecule has 22 heavy (non-hydrogen) atoms. The number of carbonyl (C=O) groups is 1. The summed E-state index contributed by atoms with van der Waals surface area (Å²) in [6.07, 6.45) is 5.63. The first-order chi connectivity index (χ1) is 10.8.